The van der Waals surface area contributed by atoms with E-state index in [1.54, 1.807) is 0 Å². The largest absolute Gasteiger partial charge is 0.490 e. The number of benzene rings is 1. The van der Waals surface area contributed by atoms with Crippen molar-refractivity contribution in [1.29, 1.82) is 0 Å². The summed E-state index contributed by atoms with van der Waals surface area (Å²) in [6.45, 7) is 6.18. The summed E-state index contributed by atoms with van der Waals surface area (Å²) in [7, 11) is 0. The van der Waals surface area contributed by atoms with Crippen LogP contribution in [-0.4, -0.2) is 71.6 Å². The number of alkyl halides is 3. The van der Waals surface area contributed by atoms with E-state index in [2.05, 4.69) is 27.8 Å². The molecular formula is C24H29F3N6O4. The Morgan fingerprint density at radius 3 is 2.51 bits per heavy atom. The van der Waals surface area contributed by atoms with Crippen LogP contribution in [0.25, 0.3) is 11.4 Å². The molecule has 0 bridgehead atoms. The zero-order valence-corrected chi connectivity index (χ0v) is 20.3. The molecule has 13 heteroatoms. The Morgan fingerprint density at radius 1 is 1.19 bits per heavy atom. The number of aliphatic carboxylic acids is 1. The van der Waals surface area contributed by atoms with Crippen LogP contribution < -0.4 is 20.9 Å². The number of nitrogens with zero attached hydrogens (tertiary/aromatic N) is 3. The van der Waals surface area contributed by atoms with Gasteiger partial charge in [0.05, 0.1) is 24.9 Å². The Kier molecular flexibility index (Phi) is 8.13. The van der Waals surface area contributed by atoms with Crippen molar-refractivity contribution in [2.45, 2.75) is 51.0 Å². The minimum atomic E-state index is -5.08. The predicted molar refractivity (Wildman–Crippen MR) is 129 cm³/mol. The molecule has 0 radical (unpaired) electrons. The molecule has 2 fully saturated rings. The Hall–Kier alpha value is -3.45. The number of fused-ring (bicyclic) bond motifs is 1. The lowest BCUT2D eigenvalue weighted by Crippen LogP contribution is -2.45. The van der Waals surface area contributed by atoms with Gasteiger partial charge in [-0.1, -0.05) is 0 Å². The van der Waals surface area contributed by atoms with Gasteiger partial charge >= 0.3 is 18.2 Å². The van der Waals surface area contributed by atoms with Crippen LogP contribution in [0, 0.1) is 0 Å². The van der Waals surface area contributed by atoms with Crippen molar-refractivity contribution in [3.63, 3.8) is 0 Å². The van der Waals surface area contributed by atoms with Crippen molar-refractivity contribution in [1.82, 2.24) is 20.6 Å². The monoisotopic (exact) mass is 522 g/mol. The number of rotatable bonds is 4. The first-order valence-corrected chi connectivity index (χ1v) is 12.0. The second-order valence-electron chi connectivity index (χ2n) is 9.09. The van der Waals surface area contributed by atoms with Crippen molar-refractivity contribution in [3.05, 3.63) is 35.5 Å². The van der Waals surface area contributed by atoms with Crippen LogP contribution in [0.4, 0.5) is 29.5 Å². The maximum absolute atomic E-state index is 12.0. The third-order valence-electron chi connectivity index (χ3n) is 6.11. The molecule has 2 aromatic rings. The number of hydrogen-bond donors (Lipinski definition) is 4. The number of carbonyl (C=O) groups is 2. The third kappa shape index (κ3) is 7.07. The maximum atomic E-state index is 12.0. The van der Waals surface area contributed by atoms with Crippen LogP contribution in [-0.2, 0) is 22.5 Å². The van der Waals surface area contributed by atoms with Gasteiger partial charge in [-0.2, -0.15) is 13.2 Å². The molecule has 0 unspecified atom stereocenters. The van der Waals surface area contributed by atoms with Gasteiger partial charge < -0.3 is 30.7 Å². The number of amides is 2. The van der Waals surface area contributed by atoms with Crippen molar-refractivity contribution < 1.29 is 32.6 Å². The number of urea groups is 1. The molecule has 3 heterocycles. The molecule has 5 rings (SSSR count). The highest BCUT2D eigenvalue weighted by Crippen LogP contribution is 2.30. The Bertz CT molecular complexity index is 1120. The minimum Gasteiger partial charge on any atom is -0.475 e. The molecule has 1 aliphatic carbocycles. The van der Waals surface area contributed by atoms with E-state index >= 15 is 0 Å². The molecule has 0 spiro atoms. The number of carbonyl (C=O) groups excluding carboxylic acids is 1. The van der Waals surface area contributed by atoms with Gasteiger partial charge in [-0.05, 0) is 57.0 Å². The lowest BCUT2D eigenvalue weighted by Gasteiger charge is -2.36. The molecule has 3 aliphatic rings. The number of nitrogens with one attached hydrogen (secondary N) is 3. The molecule has 1 atom stereocenters. The van der Waals surface area contributed by atoms with Crippen LogP contribution >= 0.6 is 0 Å². The second-order valence-corrected chi connectivity index (χ2v) is 9.09. The number of carboxylic acid groups (broad SMARTS) is 1. The zero-order valence-electron chi connectivity index (χ0n) is 20.3. The van der Waals surface area contributed by atoms with Crippen molar-refractivity contribution in [3.8, 4) is 11.4 Å². The first-order chi connectivity index (χ1) is 17.6. The number of carboxylic acids is 1. The summed E-state index contributed by atoms with van der Waals surface area (Å²) >= 11 is 0. The van der Waals surface area contributed by atoms with E-state index in [-0.39, 0.29) is 12.1 Å². The standard InChI is InChI=1S/C22H28N6O2.C2HF3O2/c1-14-13-30-11-10-28(14)21-18-8-9-23-12-19(18)26-20(27-21)15-2-4-16(5-3-15)24-22(29)25-17-6-7-17;3-2(4,5)1(6)7/h2-5,14,17,23H,6-13H2,1H3,(H2,24,25,29);(H,6,7)/t14-;/m0./s1. The lowest BCUT2D eigenvalue weighted by atomic mass is 10.0. The summed E-state index contributed by atoms with van der Waals surface area (Å²) in [5, 5.41) is 16.4. The quantitative estimate of drug-likeness (QED) is 0.483. The van der Waals surface area contributed by atoms with Crippen LogP contribution in [0.3, 0.4) is 0 Å². The van der Waals surface area contributed by atoms with E-state index in [0.29, 0.717) is 6.04 Å². The van der Waals surface area contributed by atoms with Crippen LogP contribution in [0.2, 0.25) is 0 Å². The summed E-state index contributed by atoms with van der Waals surface area (Å²) in [6, 6.07) is 8.22. The highest BCUT2D eigenvalue weighted by molar-refractivity contribution is 5.89. The fourth-order valence-corrected chi connectivity index (χ4v) is 4.03. The smallest absolute Gasteiger partial charge is 0.475 e. The SMILES string of the molecule is C[C@H]1COCCN1c1nc(-c2ccc(NC(=O)NC3CC3)cc2)nc2c1CCNC2.O=C(O)C(F)(F)F. The molecule has 1 aromatic carbocycles. The van der Waals surface area contributed by atoms with E-state index in [1.807, 2.05) is 24.3 Å². The number of aromatic nitrogens is 2. The van der Waals surface area contributed by atoms with E-state index in [9.17, 15) is 18.0 Å². The molecule has 2 aliphatic heterocycles. The summed E-state index contributed by atoms with van der Waals surface area (Å²) in [5.74, 6) is -0.995. The van der Waals surface area contributed by atoms with Crippen molar-refractivity contribution in [2.24, 2.45) is 0 Å². The van der Waals surface area contributed by atoms with Crippen molar-refractivity contribution >= 4 is 23.5 Å². The molecule has 200 valence electrons. The average molecular weight is 523 g/mol. The summed E-state index contributed by atoms with van der Waals surface area (Å²) < 4.78 is 37.4. The fourth-order valence-electron chi connectivity index (χ4n) is 4.03. The fraction of sp³-hybridized carbons (Fsp3) is 0.500. The van der Waals surface area contributed by atoms with Gasteiger partial charge in [0.25, 0.3) is 0 Å². The summed E-state index contributed by atoms with van der Waals surface area (Å²) in [4.78, 5) is 33.1. The zero-order chi connectivity index (χ0) is 26.6. The normalized spacial score (nSPS) is 19.2. The van der Waals surface area contributed by atoms with E-state index < -0.39 is 12.1 Å². The maximum Gasteiger partial charge on any atom is 0.490 e. The Balaban J connectivity index is 0.000000405. The molecule has 37 heavy (non-hydrogen) atoms. The number of anilines is 2. The molecular weight excluding hydrogens is 493 g/mol. The van der Waals surface area contributed by atoms with E-state index in [1.165, 1.54) is 5.56 Å². The summed E-state index contributed by atoms with van der Waals surface area (Å²) in [5.41, 5.74) is 4.03. The van der Waals surface area contributed by atoms with Gasteiger partial charge in [-0.25, -0.2) is 19.6 Å². The first-order valence-electron chi connectivity index (χ1n) is 12.0. The highest BCUT2D eigenvalue weighted by Gasteiger charge is 2.38. The third-order valence-corrected chi connectivity index (χ3v) is 6.11. The topological polar surface area (TPSA) is 129 Å². The number of halogens is 3. The van der Waals surface area contributed by atoms with Crippen LogP contribution in [0.1, 0.15) is 31.0 Å². The number of morpholine rings is 1. The molecule has 10 nitrogen and oxygen atoms in total. The molecule has 1 aromatic heterocycles. The van der Waals surface area contributed by atoms with Gasteiger partial charge in [0.2, 0.25) is 0 Å². The predicted octanol–water partition coefficient (Wildman–Crippen LogP) is 2.93. The summed E-state index contributed by atoms with van der Waals surface area (Å²) in [6.07, 6.45) is -2.00. The van der Waals surface area contributed by atoms with Gasteiger partial charge in [0, 0.05) is 35.9 Å². The average Bonchev–Trinajstić information content (AvgIpc) is 3.68. The Labute approximate surface area is 211 Å². The van der Waals surface area contributed by atoms with Gasteiger partial charge in [0.1, 0.15) is 5.82 Å². The van der Waals surface area contributed by atoms with Crippen LogP contribution in [0.5, 0.6) is 0 Å². The molecule has 4 N–H and O–H groups in total. The Morgan fingerprint density at radius 2 is 1.89 bits per heavy atom. The van der Waals surface area contributed by atoms with E-state index in [4.69, 9.17) is 24.6 Å². The van der Waals surface area contributed by atoms with Gasteiger partial charge in [-0.3, -0.25) is 0 Å². The van der Waals surface area contributed by atoms with Gasteiger partial charge in [-0.15, -0.1) is 0 Å². The molecule has 1 saturated heterocycles. The van der Waals surface area contributed by atoms with Gasteiger partial charge in [0.15, 0.2) is 5.82 Å². The van der Waals surface area contributed by atoms with Crippen LogP contribution in [0.15, 0.2) is 24.3 Å². The number of hydrogen-bond acceptors (Lipinski definition) is 7. The molecule has 1 saturated carbocycles. The van der Waals surface area contributed by atoms with E-state index in [0.717, 1.165) is 80.7 Å². The molecule has 2 amide bonds. The highest BCUT2D eigenvalue weighted by atomic mass is 19.4. The second kappa shape index (κ2) is 11.3. The number of ether oxygens (including phenoxy) is 1. The lowest BCUT2D eigenvalue weighted by molar-refractivity contribution is -0.192. The minimum absolute atomic E-state index is 0.148. The van der Waals surface area contributed by atoms with Crippen molar-refractivity contribution in [2.75, 3.05) is 36.5 Å². The first kappa shape index (κ1) is 26.6.